The molecular formula is C36H45N11OS. The van der Waals surface area contributed by atoms with Gasteiger partial charge in [0.1, 0.15) is 16.9 Å². The first-order chi connectivity index (χ1) is 23.7. The van der Waals surface area contributed by atoms with Crippen molar-refractivity contribution < 1.29 is 4.52 Å². The lowest BCUT2D eigenvalue weighted by Gasteiger charge is -2.39. The summed E-state index contributed by atoms with van der Waals surface area (Å²) in [7, 11) is 2.20. The van der Waals surface area contributed by atoms with Crippen molar-refractivity contribution in [1.82, 2.24) is 40.0 Å². The van der Waals surface area contributed by atoms with Crippen LogP contribution in [0.2, 0.25) is 0 Å². The van der Waals surface area contributed by atoms with E-state index in [1.165, 1.54) is 16.9 Å². The molecule has 0 bridgehead atoms. The number of fused-ring (bicyclic) bond motifs is 5. The fourth-order valence-electron chi connectivity index (χ4n) is 9.40. The average Bonchev–Trinajstić information content (AvgIpc) is 3.92. The molecule has 1 fully saturated rings. The van der Waals surface area contributed by atoms with Gasteiger partial charge in [0, 0.05) is 34.3 Å². The molecule has 3 N–H and O–H groups in total. The van der Waals surface area contributed by atoms with E-state index < -0.39 is 5.41 Å². The fraction of sp³-hybridized carbons (Fsp3) is 0.556. The van der Waals surface area contributed by atoms with E-state index in [-0.39, 0.29) is 12.1 Å². The third kappa shape index (κ3) is 4.74. The number of aryl methyl sites for hydroxylation is 3. The summed E-state index contributed by atoms with van der Waals surface area (Å²) in [6, 6.07) is 2.92. The van der Waals surface area contributed by atoms with Gasteiger partial charge in [0.2, 0.25) is 0 Å². The number of aromatic amines is 1. The van der Waals surface area contributed by atoms with Gasteiger partial charge in [-0.25, -0.2) is 14.6 Å². The number of nitrogen functional groups attached to an aromatic ring is 1. The Kier molecular flexibility index (Phi) is 7.79. The number of thiophene rings is 1. The molecule has 2 aliphatic carbocycles. The highest BCUT2D eigenvalue weighted by Crippen LogP contribution is 2.55. The monoisotopic (exact) mass is 679 g/mol. The minimum absolute atomic E-state index is 0.0000409. The standard InChI is InChI=1S/C36H45N11OS/c1-7-46(22(5)28-19(2)42-43-20(28)3)34-25-18-39-47(21(4)26-12-10-16-45(26)6)35(25)41-33(40-34)30-23-11-8-14-36(31(23)48-44-30)15-9-13-27-29(36)24(17-37)32(38)49-27/h18,21-22,26H,7-16,38H2,1-6H3,(H,42,43)/t21-,22?,26-,36-/m0/s1. The SMILES string of the molecule is CCN(c1nc(-c2noc3c2CCC[C@@]32CCCc3sc(N)c(C#N)c32)nc2c1cnn2[C@@H](C)[C@@H]1CCCN1C)C(C)c1c(C)n[nH]c1C. The maximum absolute atomic E-state index is 10.2. The number of H-pyrrole nitrogens is 1. The molecule has 12 nitrogen and oxygen atoms in total. The average molecular weight is 680 g/mol. The molecule has 1 spiro atoms. The summed E-state index contributed by atoms with van der Waals surface area (Å²) in [5.74, 6) is 2.23. The number of hydrogen-bond acceptors (Lipinski definition) is 11. The van der Waals surface area contributed by atoms with Gasteiger partial charge in [-0.05, 0) is 105 Å². The number of nitrogens with zero attached hydrogens (tertiary/aromatic N) is 9. The van der Waals surface area contributed by atoms with Gasteiger partial charge in [-0.1, -0.05) is 5.16 Å². The van der Waals surface area contributed by atoms with Crippen LogP contribution < -0.4 is 10.6 Å². The molecule has 256 valence electrons. The zero-order valence-electron chi connectivity index (χ0n) is 29.3. The van der Waals surface area contributed by atoms with E-state index in [1.807, 2.05) is 6.20 Å². The van der Waals surface area contributed by atoms with Gasteiger partial charge in [0.25, 0.3) is 0 Å². The number of aromatic nitrogens is 7. The lowest BCUT2D eigenvalue weighted by molar-refractivity contribution is 0.232. The number of nitrogens with one attached hydrogen (secondary N) is 1. The van der Waals surface area contributed by atoms with E-state index in [1.54, 1.807) is 11.3 Å². The Bertz CT molecular complexity index is 2080. The number of likely N-dealkylation sites (tertiary alicyclic amines) is 1. The molecule has 3 aliphatic rings. The summed E-state index contributed by atoms with van der Waals surface area (Å²) in [4.78, 5) is 16.6. The number of likely N-dealkylation sites (N-methyl/N-ethyl adjacent to an activating group) is 1. The molecule has 5 aromatic heterocycles. The van der Waals surface area contributed by atoms with Gasteiger partial charge in [0.15, 0.2) is 22.9 Å². The van der Waals surface area contributed by atoms with Crippen LogP contribution in [0.3, 0.4) is 0 Å². The molecule has 0 aromatic carbocycles. The Morgan fingerprint density at radius 3 is 2.69 bits per heavy atom. The maximum atomic E-state index is 10.2. The molecule has 1 aliphatic heterocycles. The number of nitriles is 1. The topological polar surface area (TPSA) is 155 Å². The second-order valence-electron chi connectivity index (χ2n) is 14.3. The fourth-order valence-corrected chi connectivity index (χ4v) is 10.6. The minimum Gasteiger partial charge on any atom is -0.389 e. The van der Waals surface area contributed by atoms with Crippen molar-refractivity contribution in [3.63, 3.8) is 0 Å². The van der Waals surface area contributed by atoms with Crippen molar-refractivity contribution >= 4 is 33.2 Å². The summed E-state index contributed by atoms with van der Waals surface area (Å²) < 4.78 is 8.50. The first kappa shape index (κ1) is 32.0. The zero-order valence-corrected chi connectivity index (χ0v) is 30.1. The zero-order chi connectivity index (χ0) is 34.2. The summed E-state index contributed by atoms with van der Waals surface area (Å²) in [6.45, 7) is 12.6. The second-order valence-corrected chi connectivity index (χ2v) is 15.5. The van der Waals surface area contributed by atoms with E-state index in [9.17, 15) is 5.26 Å². The smallest absolute Gasteiger partial charge is 0.186 e. The van der Waals surface area contributed by atoms with Gasteiger partial charge in [-0.15, -0.1) is 11.3 Å². The Labute approximate surface area is 290 Å². The quantitative estimate of drug-likeness (QED) is 0.194. The molecule has 0 amide bonds. The first-order valence-electron chi connectivity index (χ1n) is 17.7. The predicted molar refractivity (Wildman–Crippen MR) is 191 cm³/mol. The molecule has 0 radical (unpaired) electrons. The minimum atomic E-state index is -0.415. The van der Waals surface area contributed by atoms with Crippen molar-refractivity contribution in [2.45, 2.75) is 110 Å². The lowest BCUT2D eigenvalue weighted by Crippen LogP contribution is -2.35. The molecule has 13 heteroatoms. The van der Waals surface area contributed by atoms with Crippen LogP contribution in [0.15, 0.2) is 10.7 Å². The first-order valence-corrected chi connectivity index (χ1v) is 18.5. The Morgan fingerprint density at radius 1 is 1.20 bits per heavy atom. The third-order valence-corrected chi connectivity index (χ3v) is 12.8. The van der Waals surface area contributed by atoms with Gasteiger partial charge in [-0.3, -0.25) is 5.10 Å². The van der Waals surface area contributed by atoms with Crippen LogP contribution in [-0.4, -0.2) is 66.2 Å². The number of anilines is 2. The van der Waals surface area contributed by atoms with E-state index in [0.717, 1.165) is 103 Å². The largest absolute Gasteiger partial charge is 0.389 e. The van der Waals surface area contributed by atoms with Gasteiger partial charge in [-0.2, -0.15) is 15.5 Å². The van der Waals surface area contributed by atoms with Crippen LogP contribution >= 0.6 is 11.3 Å². The summed E-state index contributed by atoms with van der Waals surface area (Å²) in [6.07, 6.45) is 9.77. The molecule has 49 heavy (non-hydrogen) atoms. The highest BCUT2D eigenvalue weighted by atomic mass is 32.1. The number of hydrogen-bond donors (Lipinski definition) is 2. The number of nitrogens with two attached hydrogens (primary N) is 1. The van der Waals surface area contributed by atoms with Crippen LogP contribution in [0.5, 0.6) is 0 Å². The van der Waals surface area contributed by atoms with Crippen molar-refractivity contribution in [3.05, 3.63) is 50.5 Å². The van der Waals surface area contributed by atoms with Crippen LogP contribution in [0.25, 0.3) is 22.6 Å². The summed E-state index contributed by atoms with van der Waals surface area (Å²) in [5.41, 5.74) is 13.4. The lowest BCUT2D eigenvalue weighted by atomic mass is 9.63. The molecule has 4 atom stereocenters. The Hall–Kier alpha value is -4.28. The van der Waals surface area contributed by atoms with Crippen molar-refractivity contribution in [2.24, 2.45) is 0 Å². The van der Waals surface area contributed by atoms with Crippen LogP contribution in [0.1, 0.15) is 116 Å². The van der Waals surface area contributed by atoms with Crippen molar-refractivity contribution in [1.29, 1.82) is 5.26 Å². The third-order valence-electron chi connectivity index (χ3n) is 11.7. The molecule has 1 unspecified atom stereocenters. The highest BCUT2D eigenvalue weighted by molar-refractivity contribution is 7.16. The molecular weight excluding hydrogens is 635 g/mol. The second kappa shape index (κ2) is 11.9. The summed E-state index contributed by atoms with van der Waals surface area (Å²) >= 11 is 1.56. The van der Waals surface area contributed by atoms with Crippen LogP contribution in [0.4, 0.5) is 10.8 Å². The molecule has 0 saturated carbocycles. The van der Waals surface area contributed by atoms with E-state index in [4.69, 9.17) is 30.5 Å². The van der Waals surface area contributed by atoms with Gasteiger partial charge < -0.3 is 20.1 Å². The van der Waals surface area contributed by atoms with Gasteiger partial charge in [0.05, 0.1) is 40.3 Å². The normalized spacial score (nSPS) is 21.9. The van der Waals surface area contributed by atoms with E-state index >= 15 is 0 Å². The molecule has 6 heterocycles. The van der Waals surface area contributed by atoms with Crippen molar-refractivity contribution in [2.75, 3.05) is 30.8 Å². The number of rotatable bonds is 7. The molecule has 8 rings (SSSR count). The molecule has 5 aromatic rings. The Balaban J connectivity index is 1.32. The Morgan fingerprint density at radius 2 is 2.00 bits per heavy atom. The van der Waals surface area contributed by atoms with Crippen LogP contribution in [0, 0.1) is 25.2 Å². The molecule has 1 saturated heterocycles. The van der Waals surface area contributed by atoms with Crippen molar-refractivity contribution in [3.8, 4) is 17.6 Å². The summed E-state index contributed by atoms with van der Waals surface area (Å²) in [5, 5.41) is 29.2. The predicted octanol–water partition coefficient (Wildman–Crippen LogP) is 6.54. The van der Waals surface area contributed by atoms with E-state index in [0.29, 0.717) is 28.1 Å². The van der Waals surface area contributed by atoms with Crippen LogP contribution in [-0.2, 0) is 18.3 Å². The maximum Gasteiger partial charge on any atom is 0.186 e. The van der Waals surface area contributed by atoms with E-state index in [2.05, 4.69) is 72.4 Å². The highest BCUT2D eigenvalue weighted by Gasteiger charge is 2.49. The van der Waals surface area contributed by atoms with Gasteiger partial charge >= 0.3 is 0 Å².